The van der Waals surface area contributed by atoms with Crippen molar-refractivity contribution in [2.75, 3.05) is 26.2 Å². The van der Waals surface area contributed by atoms with Gasteiger partial charge < -0.3 is 10.2 Å². The molecule has 1 aliphatic heterocycles. The van der Waals surface area contributed by atoms with Crippen LogP contribution in [0.5, 0.6) is 0 Å². The van der Waals surface area contributed by atoms with Crippen molar-refractivity contribution in [1.29, 1.82) is 0 Å². The molecule has 0 unspecified atom stereocenters. The molecule has 3 heteroatoms. The van der Waals surface area contributed by atoms with Crippen LogP contribution in [0, 0.1) is 11.8 Å². The minimum absolute atomic E-state index is 0.107. The standard InChI is InChI=1S/C10H20N2O/c1-8(2)10(13)11-4-5-12-6-9(3)7-12/h8-9H,4-7H2,1-3H3,(H,11,13). The Balaban J connectivity index is 1.98. The van der Waals surface area contributed by atoms with Gasteiger partial charge in [-0.25, -0.2) is 0 Å². The molecule has 0 aromatic carbocycles. The van der Waals surface area contributed by atoms with E-state index in [0.29, 0.717) is 0 Å². The summed E-state index contributed by atoms with van der Waals surface area (Å²) in [4.78, 5) is 13.5. The molecule has 3 nitrogen and oxygen atoms in total. The number of likely N-dealkylation sites (tertiary alicyclic amines) is 1. The van der Waals surface area contributed by atoms with Crippen LogP contribution in [0.3, 0.4) is 0 Å². The fourth-order valence-corrected chi connectivity index (χ4v) is 1.55. The van der Waals surface area contributed by atoms with E-state index in [1.807, 2.05) is 13.8 Å². The molecule has 1 rings (SSSR count). The smallest absolute Gasteiger partial charge is 0.222 e. The van der Waals surface area contributed by atoms with Crippen LogP contribution >= 0.6 is 0 Å². The molecule has 1 N–H and O–H groups in total. The molecule has 1 fully saturated rings. The molecular formula is C10H20N2O. The Morgan fingerprint density at radius 2 is 2.15 bits per heavy atom. The van der Waals surface area contributed by atoms with Gasteiger partial charge in [-0.1, -0.05) is 20.8 Å². The fraction of sp³-hybridized carbons (Fsp3) is 0.900. The van der Waals surface area contributed by atoms with Crippen molar-refractivity contribution in [3.63, 3.8) is 0 Å². The van der Waals surface area contributed by atoms with E-state index in [-0.39, 0.29) is 11.8 Å². The van der Waals surface area contributed by atoms with Crippen LogP contribution < -0.4 is 5.32 Å². The third-order valence-electron chi connectivity index (χ3n) is 2.39. The zero-order chi connectivity index (χ0) is 9.84. The lowest BCUT2D eigenvalue weighted by molar-refractivity contribution is -0.124. The van der Waals surface area contributed by atoms with Crippen LogP contribution in [-0.2, 0) is 4.79 Å². The summed E-state index contributed by atoms with van der Waals surface area (Å²) in [7, 11) is 0. The van der Waals surface area contributed by atoms with Gasteiger partial charge in [-0.15, -0.1) is 0 Å². The summed E-state index contributed by atoms with van der Waals surface area (Å²) >= 11 is 0. The molecule has 0 aliphatic carbocycles. The Bertz CT molecular complexity index is 174. The molecule has 1 saturated heterocycles. The first-order chi connectivity index (χ1) is 6.09. The van der Waals surface area contributed by atoms with E-state index in [1.54, 1.807) is 0 Å². The summed E-state index contributed by atoms with van der Waals surface area (Å²) < 4.78 is 0. The highest BCUT2D eigenvalue weighted by Gasteiger charge is 2.21. The molecule has 0 aromatic heterocycles. The largest absolute Gasteiger partial charge is 0.355 e. The number of nitrogens with zero attached hydrogens (tertiary/aromatic N) is 1. The molecule has 0 bridgehead atoms. The Morgan fingerprint density at radius 3 is 2.62 bits per heavy atom. The lowest BCUT2D eigenvalue weighted by atomic mass is 10.0. The van der Waals surface area contributed by atoms with Crippen molar-refractivity contribution in [2.24, 2.45) is 11.8 Å². The number of nitrogens with one attached hydrogen (secondary N) is 1. The van der Waals surface area contributed by atoms with Crippen molar-refractivity contribution in [3.8, 4) is 0 Å². The van der Waals surface area contributed by atoms with Crippen molar-refractivity contribution in [3.05, 3.63) is 0 Å². The van der Waals surface area contributed by atoms with Gasteiger partial charge in [-0.05, 0) is 5.92 Å². The average Bonchev–Trinajstić information content (AvgIpc) is 2.00. The molecule has 1 amide bonds. The van der Waals surface area contributed by atoms with E-state index in [9.17, 15) is 4.79 Å². The molecule has 0 spiro atoms. The molecule has 0 atom stereocenters. The van der Waals surface area contributed by atoms with Gasteiger partial charge in [0.1, 0.15) is 0 Å². The highest BCUT2D eigenvalue weighted by atomic mass is 16.1. The highest BCUT2D eigenvalue weighted by Crippen LogP contribution is 2.12. The van der Waals surface area contributed by atoms with Gasteiger partial charge >= 0.3 is 0 Å². The van der Waals surface area contributed by atoms with Gasteiger partial charge in [0.2, 0.25) is 5.91 Å². The maximum absolute atomic E-state index is 11.2. The normalized spacial score (nSPS) is 18.8. The van der Waals surface area contributed by atoms with Crippen molar-refractivity contribution in [1.82, 2.24) is 10.2 Å². The van der Waals surface area contributed by atoms with Gasteiger partial charge in [0.05, 0.1) is 0 Å². The maximum Gasteiger partial charge on any atom is 0.222 e. The third-order valence-corrected chi connectivity index (χ3v) is 2.39. The summed E-state index contributed by atoms with van der Waals surface area (Å²) in [6.45, 7) is 10.3. The zero-order valence-corrected chi connectivity index (χ0v) is 8.84. The molecular weight excluding hydrogens is 164 g/mol. The van der Waals surface area contributed by atoms with Crippen molar-refractivity contribution in [2.45, 2.75) is 20.8 Å². The van der Waals surface area contributed by atoms with Gasteiger partial charge in [0.25, 0.3) is 0 Å². The zero-order valence-electron chi connectivity index (χ0n) is 8.84. The second-order valence-corrected chi connectivity index (χ2v) is 4.31. The lowest BCUT2D eigenvalue weighted by Gasteiger charge is -2.37. The third kappa shape index (κ3) is 3.35. The highest BCUT2D eigenvalue weighted by molar-refractivity contribution is 5.77. The van der Waals surface area contributed by atoms with E-state index in [4.69, 9.17) is 0 Å². The Hall–Kier alpha value is -0.570. The van der Waals surface area contributed by atoms with E-state index in [0.717, 1.165) is 19.0 Å². The van der Waals surface area contributed by atoms with Crippen molar-refractivity contribution >= 4 is 5.91 Å². The lowest BCUT2D eigenvalue weighted by Crippen LogP contribution is -2.48. The number of rotatable bonds is 4. The molecule has 76 valence electrons. The molecule has 1 aliphatic rings. The van der Waals surface area contributed by atoms with Gasteiger partial charge in [-0.2, -0.15) is 0 Å². The molecule has 0 radical (unpaired) electrons. The van der Waals surface area contributed by atoms with Gasteiger partial charge in [-0.3, -0.25) is 4.79 Å². The van der Waals surface area contributed by atoms with E-state index < -0.39 is 0 Å². The molecule has 13 heavy (non-hydrogen) atoms. The summed E-state index contributed by atoms with van der Waals surface area (Å²) in [5.41, 5.74) is 0. The monoisotopic (exact) mass is 184 g/mol. The predicted molar refractivity (Wildman–Crippen MR) is 53.5 cm³/mol. The quantitative estimate of drug-likeness (QED) is 0.698. The topological polar surface area (TPSA) is 32.3 Å². The summed E-state index contributed by atoms with van der Waals surface area (Å²) in [5.74, 6) is 1.12. The number of hydrogen-bond donors (Lipinski definition) is 1. The van der Waals surface area contributed by atoms with Crippen LogP contribution in [0.1, 0.15) is 20.8 Å². The number of carbonyl (C=O) groups excluding carboxylic acids is 1. The van der Waals surface area contributed by atoms with Crippen molar-refractivity contribution < 1.29 is 4.79 Å². The van der Waals surface area contributed by atoms with Gasteiger partial charge in [0.15, 0.2) is 0 Å². The number of amides is 1. The minimum atomic E-state index is 0.107. The summed E-state index contributed by atoms with van der Waals surface area (Å²) in [6, 6.07) is 0. The summed E-state index contributed by atoms with van der Waals surface area (Å²) in [5, 5.41) is 2.92. The molecule has 0 aromatic rings. The first kappa shape index (κ1) is 10.5. The van der Waals surface area contributed by atoms with Crippen LogP contribution in [0.25, 0.3) is 0 Å². The van der Waals surface area contributed by atoms with E-state index in [1.165, 1.54) is 13.1 Å². The Kier molecular flexibility index (Phi) is 3.72. The van der Waals surface area contributed by atoms with E-state index in [2.05, 4.69) is 17.1 Å². The van der Waals surface area contributed by atoms with Crippen LogP contribution in [0.15, 0.2) is 0 Å². The molecule has 1 heterocycles. The number of carbonyl (C=O) groups is 1. The SMILES string of the molecule is CC1CN(CCNC(=O)C(C)C)C1. The second-order valence-electron chi connectivity index (χ2n) is 4.31. The fourth-order valence-electron chi connectivity index (χ4n) is 1.55. The second kappa shape index (κ2) is 4.61. The average molecular weight is 184 g/mol. The Morgan fingerprint density at radius 1 is 1.54 bits per heavy atom. The minimum Gasteiger partial charge on any atom is -0.355 e. The van der Waals surface area contributed by atoms with Crippen LogP contribution in [0.2, 0.25) is 0 Å². The maximum atomic E-state index is 11.2. The first-order valence-corrected chi connectivity index (χ1v) is 5.09. The predicted octanol–water partition coefficient (Wildman–Crippen LogP) is 0.710. The van der Waals surface area contributed by atoms with Gasteiger partial charge in [0, 0.05) is 32.1 Å². The van der Waals surface area contributed by atoms with E-state index >= 15 is 0 Å². The van der Waals surface area contributed by atoms with Crippen LogP contribution in [0.4, 0.5) is 0 Å². The summed E-state index contributed by atoms with van der Waals surface area (Å²) in [6.07, 6.45) is 0. The first-order valence-electron chi connectivity index (χ1n) is 5.09. The number of hydrogen-bond acceptors (Lipinski definition) is 2. The van der Waals surface area contributed by atoms with Crippen LogP contribution in [-0.4, -0.2) is 37.0 Å². The Labute approximate surface area is 80.5 Å². The molecule has 0 saturated carbocycles.